The van der Waals surface area contributed by atoms with Gasteiger partial charge in [0.25, 0.3) is 0 Å². The molecule has 2 aromatic carbocycles. The molecule has 1 aliphatic heterocycles. The van der Waals surface area contributed by atoms with Crippen LogP contribution < -0.4 is 41.6 Å². The molecule has 3 aromatic rings. The third-order valence-electron chi connectivity index (χ3n) is 15.1. The molecule has 2 saturated carbocycles. The lowest BCUT2D eigenvalue weighted by Crippen LogP contribution is -2.73. The summed E-state index contributed by atoms with van der Waals surface area (Å²) >= 11 is 0. The van der Waals surface area contributed by atoms with E-state index in [-0.39, 0.29) is 53.5 Å². The van der Waals surface area contributed by atoms with Crippen molar-refractivity contribution in [2.24, 2.45) is 17.8 Å². The molecule has 6 aliphatic carbocycles. The number of methoxy groups -OCH3 is 2. The fourth-order valence-corrected chi connectivity index (χ4v) is 12.4. The van der Waals surface area contributed by atoms with Gasteiger partial charge >= 0.3 is 0 Å². The second-order valence-electron chi connectivity index (χ2n) is 17.7. The molecule has 334 valence electrons. The van der Waals surface area contributed by atoms with Crippen LogP contribution in [0.5, 0.6) is 17.2 Å². The average molecular weight is 877 g/mol. The molecule has 19 heteroatoms. The largest absolute Gasteiger partial charge is 0.508 e. The zero-order valence-corrected chi connectivity index (χ0v) is 34.1. The van der Waals surface area contributed by atoms with Crippen LogP contribution >= 0.6 is 0 Å². The van der Waals surface area contributed by atoms with E-state index in [0.29, 0.717) is 6.42 Å². The van der Waals surface area contributed by atoms with Crippen molar-refractivity contribution in [3.8, 4) is 17.2 Å². The zero-order chi connectivity index (χ0) is 45.5. The van der Waals surface area contributed by atoms with E-state index in [2.05, 4.69) is 0 Å². The van der Waals surface area contributed by atoms with E-state index >= 15 is 0 Å². The monoisotopic (exact) mass is 876 g/mol. The fraction of sp³-hybridized carbons (Fsp3) is 0.500. The summed E-state index contributed by atoms with van der Waals surface area (Å²) in [7, 11) is 2.38. The first-order valence-electron chi connectivity index (χ1n) is 20.7. The first kappa shape index (κ1) is 41.8. The summed E-state index contributed by atoms with van der Waals surface area (Å²) < 4.78 is 23.8. The van der Waals surface area contributed by atoms with Crippen LogP contribution in [0.4, 0.5) is 0 Å². The highest BCUT2D eigenvalue weighted by molar-refractivity contribution is 6.20. The smallest absolute Gasteiger partial charge is 0.233 e. The van der Waals surface area contributed by atoms with E-state index in [9.17, 15) is 75.3 Å². The molecule has 13 unspecified atom stereocenters. The molecule has 63 heavy (non-hydrogen) atoms. The van der Waals surface area contributed by atoms with Gasteiger partial charge < -0.3 is 74.8 Å². The van der Waals surface area contributed by atoms with Crippen molar-refractivity contribution in [3.05, 3.63) is 79.0 Å². The minimum atomic E-state index is -2.74. The van der Waals surface area contributed by atoms with Gasteiger partial charge in [-0.2, -0.15) is 0 Å². The summed E-state index contributed by atoms with van der Waals surface area (Å²) in [4.78, 5) is 59.2. The lowest BCUT2D eigenvalue weighted by molar-refractivity contribution is -0.240. The Morgan fingerprint density at radius 2 is 1.37 bits per heavy atom. The maximum atomic E-state index is 14.9. The van der Waals surface area contributed by atoms with E-state index in [1.54, 1.807) is 13.8 Å². The van der Waals surface area contributed by atoms with Crippen LogP contribution in [0, 0.1) is 28.2 Å². The third-order valence-corrected chi connectivity index (χ3v) is 15.1. The quantitative estimate of drug-likeness (QED) is 0.0828. The van der Waals surface area contributed by atoms with Gasteiger partial charge in [-0.1, -0.05) is 26.7 Å². The normalized spacial score (nSPS) is 35.7. The van der Waals surface area contributed by atoms with Crippen molar-refractivity contribution in [1.29, 1.82) is 0 Å². The van der Waals surface area contributed by atoms with Crippen molar-refractivity contribution in [1.82, 2.24) is 0 Å². The summed E-state index contributed by atoms with van der Waals surface area (Å²) in [6.07, 6.45) is -12.7. The van der Waals surface area contributed by atoms with Gasteiger partial charge in [-0.3, -0.25) is 19.2 Å². The average Bonchev–Trinajstić information content (AvgIpc) is 3.73. The Morgan fingerprint density at radius 1 is 0.698 bits per heavy atom. The van der Waals surface area contributed by atoms with Crippen molar-refractivity contribution in [3.63, 3.8) is 0 Å². The van der Waals surface area contributed by atoms with Gasteiger partial charge in [0, 0.05) is 22.8 Å². The summed E-state index contributed by atoms with van der Waals surface area (Å²) in [5.74, 6) is -7.85. The van der Waals surface area contributed by atoms with Crippen LogP contribution in [-0.4, -0.2) is 124 Å². The number of ether oxygens (including phenoxy) is 3. The van der Waals surface area contributed by atoms with E-state index in [1.165, 1.54) is 20.3 Å². The molecule has 0 spiro atoms. The Labute approximate surface area is 352 Å². The molecule has 11 N–H and O–H groups in total. The molecule has 1 aromatic heterocycles. The Balaban J connectivity index is 1.34. The molecule has 19 nitrogen and oxygen atoms in total. The predicted octanol–water partition coefficient (Wildman–Crippen LogP) is -2.68. The Morgan fingerprint density at radius 3 is 2.00 bits per heavy atom. The Kier molecular flexibility index (Phi) is 8.74. The predicted molar refractivity (Wildman–Crippen MR) is 217 cm³/mol. The second kappa shape index (κ2) is 13.2. The molecule has 4 bridgehead atoms. The van der Waals surface area contributed by atoms with Gasteiger partial charge in [-0.15, -0.1) is 0 Å². The molecule has 2 heterocycles. The molecular weight excluding hydrogens is 832 g/mol. The standard InChI is InChI=1S/C44H44O19/c1-5-7-13-24(45)32(53)25(46)14-10-11-9-12-16(26(47)15(11)39(55)43(13,14)58)35-22(38(61-4)34(12)60-3)20-27(48)17-18(30(51)37(20)62-35)28(49)19-21(29(17)50)40(56)44(59)23-31(52)33(54)41(57)42(44,8-6-2)63-36(19)23/h9,13-14,23-25,31-33,36,41,45-46,49,52-59H,5-8,10H2,1-4H3. The number of aliphatic hydroxyl groups excluding tert-OH is 8. The highest BCUT2D eigenvalue weighted by Crippen LogP contribution is 2.64. The van der Waals surface area contributed by atoms with E-state index in [1.807, 2.05) is 0 Å². The molecule has 3 fully saturated rings. The Hall–Kier alpha value is -5.22. The van der Waals surface area contributed by atoms with Crippen LogP contribution in [0.1, 0.15) is 56.8 Å². The molecule has 1 saturated heterocycles. The van der Waals surface area contributed by atoms with E-state index in [4.69, 9.17) is 18.6 Å². The number of hydrogen-bond donors (Lipinski definition) is 11. The van der Waals surface area contributed by atoms with Crippen molar-refractivity contribution >= 4 is 44.2 Å². The number of rotatable bonds is 6. The maximum Gasteiger partial charge on any atom is 0.233 e. The molecule has 7 aliphatic rings. The minimum Gasteiger partial charge on any atom is -0.508 e. The number of aliphatic hydroxyl groups is 10. The van der Waals surface area contributed by atoms with Gasteiger partial charge in [-0.05, 0) is 30.9 Å². The van der Waals surface area contributed by atoms with Gasteiger partial charge in [0.1, 0.15) is 46.8 Å². The fourth-order valence-electron chi connectivity index (χ4n) is 12.4. The molecule has 0 radical (unpaired) electrons. The summed E-state index contributed by atoms with van der Waals surface area (Å²) in [5.41, 5.74) is -14.1. The van der Waals surface area contributed by atoms with Gasteiger partial charge in [0.15, 0.2) is 28.3 Å². The molecular formula is C44H44O19. The Bertz CT molecular complexity index is 3300. The number of aromatic hydroxyl groups is 1. The van der Waals surface area contributed by atoms with Crippen LogP contribution in [0.2, 0.25) is 0 Å². The summed E-state index contributed by atoms with van der Waals surface area (Å²) in [6, 6.07) is 1.39. The van der Waals surface area contributed by atoms with Crippen LogP contribution in [0.3, 0.4) is 0 Å². The zero-order valence-electron chi connectivity index (χ0n) is 34.1. The topological polar surface area (TPSA) is 332 Å². The summed E-state index contributed by atoms with van der Waals surface area (Å²) in [5, 5.41) is 122. The van der Waals surface area contributed by atoms with Gasteiger partial charge in [0.05, 0.1) is 81.6 Å². The first-order chi connectivity index (χ1) is 29.8. The molecule has 0 amide bonds. The van der Waals surface area contributed by atoms with E-state index < -0.39 is 165 Å². The lowest BCUT2D eigenvalue weighted by atomic mass is 9.58. The second-order valence-corrected chi connectivity index (χ2v) is 17.7. The van der Waals surface area contributed by atoms with E-state index in [0.717, 1.165) is 0 Å². The minimum absolute atomic E-state index is 0.0397. The molecule has 10 rings (SSSR count). The maximum absolute atomic E-state index is 14.9. The number of benzene rings is 2. The number of fused-ring (bicyclic) bond motifs is 9. The molecule has 13 atom stereocenters. The van der Waals surface area contributed by atoms with Crippen molar-refractivity contribution in [2.75, 3.05) is 14.2 Å². The first-order valence-corrected chi connectivity index (χ1v) is 20.7. The number of furan rings is 1. The van der Waals surface area contributed by atoms with Gasteiger partial charge in [0.2, 0.25) is 21.7 Å². The van der Waals surface area contributed by atoms with Crippen LogP contribution in [0.15, 0.2) is 29.7 Å². The van der Waals surface area contributed by atoms with Crippen molar-refractivity contribution < 1.29 is 74.8 Å². The van der Waals surface area contributed by atoms with Crippen LogP contribution in [-0.2, 0) is 11.2 Å². The number of hydrogen-bond acceptors (Lipinski definition) is 19. The van der Waals surface area contributed by atoms with Crippen LogP contribution in [0.25, 0.3) is 44.2 Å². The highest BCUT2D eigenvalue weighted by atomic mass is 16.6. The third kappa shape index (κ3) is 4.45. The highest BCUT2D eigenvalue weighted by Gasteiger charge is 2.78. The summed E-state index contributed by atoms with van der Waals surface area (Å²) in [6.45, 7) is 3.38. The lowest BCUT2D eigenvalue weighted by Gasteiger charge is -2.53. The van der Waals surface area contributed by atoms with Crippen molar-refractivity contribution in [2.45, 2.75) is 105 Å². The van der Waals surface area contributed by atoms with Gasteiger partial charge in [-0.25, -0.2) is 0 Å². The SMILES string of the molecule is CCCC1C(O)C(O)C(O)C2Cc3cc4c(OC)c(OC)c5c(oc6c(=O)c7c(O)c8c(c(=O)c=7c(=O)c65)=C(O)C5(O)C6C8OC5(CCC)C(O)C(O)C6O)c4c(=O)c3=C(O)C12O.